The van der Waals surface area contributed by atoms with Crippen LogP contribution in [-0.2, 0) is 0 Å². The first kappa shape index (κ1) is 14.8. The summed E-state index contributed by atoms with van der Waals surface area (Å²) in [5, 5.41) is 1.10. The maximum absolute atomic E-state index is 5.56. The van der Waals surface area contributed by atoms with E-state index in [1.165, 1.54) is 0 Å². The van der Waals surface area contributed by atoms with Gasteiger partial charge in [0.2, 0.25) is 0 Å². The molecule has 4 nitrogen and oxygen atoms in total. The van der Waals surface area contributed by atoms with Crippen LogP contribution in [0.25, 0.3) is 22.2 Å². The Morgan fingerprint density at radius 3 is 2.86 bits per heavy atom. The molecule has 3 rings (SSSR count). The largest absolute Gasteiger partial charge is 0.496 e. The SMILES string of the molecule is CCSNc1ccc(OC)c(-c2cc(C)nc3[nH]ccc23)c1. The molecular formula is C17H19N3OS. The van der Waals surface area contributed by atoms with Crippen LogP contribution in [0.15, 0.2) is 36.5 Å². The minimum absolute atomic E-state index is 0.861. The van der Waals surface area contributed by atoms with Gasteiger partial charge in [-0.05, 0) is 42.8 Å². The van der Waals surface area contributed by atoms with E-state index in [0.717, 1.165) is 45.0 Å². The number of methoxy groups -OCH3 is 1. The van der Waals surface area contributed by atoms with Gasteiger partial charge in [0, 0.05) is 34.3 Å². The molecule has 0 unspecified atom stereocenters. The maximum Gasteiger partial charge on any atom is 0.138 e. The van der Waals surface area contributed by atoms with E-state index in [-0.39, 0.29) is 0 Å². The first-order valence-corrected chi connectivity index (χ1v) is 8.22. The van der Waals surface area contributed by atoms with Gasteiger partial charge in [0.1, 0.15) is 11.4 Å². The summed E-state index contributed by atoms with van der Waals surface area (Å²) in [5.74, 6) is 1.87. The van der Waals surface area contributed by atoms with Crippen molar-refractivity contribution in [3.05, 3.63) is 42.2 Å². The summed E-state index contributed by atoms with van der Waals surface area (Å²) in [6.45, 7) is 4.13. The number of H-pyrrole nitrogens is 1. The van der Waals surface area contributed by atoms with Crippen LogP contribution < -0.4 is 9.46 Å². The van der Waals surface area contributed by atoms with Gasteiger partial charge in [-0.2, -0.15) is 0 Å². The number of aromatic nitrogens is 2. The molecule has 0 aliphatic heterocycles. The third kappa shape index (κ3) is 2.76. The van der Waals surface area contributed by atoms with E-state index in [9.17, 15) is 0 Å². The predicted octanol–water partition coefficient (Wildman–Crippen LogP) is 4.63. The average Bonchev–Trinajstić information content (AvgIpc) is 3.00. The lowest BCUT2D eigenvalue weighted by molar-refractivity contribution is 0.416. The van der Waals surface area contributed by atoms with Crippen molar-refractivity contribution in [2.75, 3.05) is 17.6 Å². The van der Waals surface area contributed by atoms with Gasteiger partial charge in [0.05, 0.1) is 7.11 Å². The second-order valence-electron chi connectivity index (χ2n) is 5.00. The van der Waals surface area contributed by atoms with E-state index < -0.39 is 0 Å². The van der Waals surface area contributed by atoms with E-state index in [4.69, 9.17) is 4.74 Å². The van der Waals surface area contributed by atoms with Crippen LogP contribution in [0.2, 0.25) is 0 Å². The van der Waals surface area contributed by atoms with E-state index in [1.54, 1.807) is 19.1 Å². The molecule has 2 heterocycles. The van der Waals surface area contributed by atoms with Gasteiger partial charge in [0.15, 0.2) is 0 Å². The Kier molecular flexibility index (Phi) is 4.24. The number of hydrogen-bond acceptors (Lipinski definition) is 4. The third-order valence-corrected chi connectivity index (χ3v) is 4.15. The highest BCUT2D eigenvalue weighted by atomic mass is 32.2. The number of fused-ring (bicyclic) bond motifs is 1. The molecule has 22 heavy (non-hydrogen) atoms. The molecule has 0 bridgehead atoms. The van der Waals surface area contributed by atoms with Gasteiger partial charge in [0.25, 0.3) is 0 Å². The number of aryl methyl sites for hydroxylation is 1. The summed E-state index contributed by atoms with van der Waals surface area (Å²) in [6, 6.07) is 10.3. The first-order chi connectivity index (χ1) is 10.7. The lowest BCUT2D eigenvalue weighted by Crippen LogP contribution is -1.94. The van der Waals surface area contributed by atoms with Crippen molar-refractivity contribution in [2.24, 2.45) is 0 Å². The number of ether oxygens (including phenoxy) is 1. The molecule has 0 atom stereocenters. The third-order valence-electron chi connectivity index (χ3n) is 3.48. The van der Waals surface area contributed by atoms with Crippen LogP contribution in [0.4, 0.5) is 5.69 Å². The molecule has 1 aromatic carbocycles. The van der Waals surface area contributed by atoms with Crippen molar-refractivity contribution in [3.8, 4) is 16.9 Å². The monoisotopic (exact) mass is 313 g/mol. The van der Waals surface area contributed by atoms with E-state index in [0.29, 0.717) is 0 Å². The highest BCUT2D eigenvalue weighted by Crippen LogP contribution is 2.37. The molecule has 114 valence electrons. The van der Waals surface area contributed by atoms with E-state index >= 15 is 0 Å². The van der Waals surface area contributed by atoms with Crippen LogP contribution in [0, 0.1) is 6.92 Å². The van der Waals surface area contributed by atoms with Gasteiger partial charge in [-0.25, -0.2) is 4.98 Å². The molecule has 5 heteroatoms. The molecule has 0 spiro atoms. The zero-order valence-corrected chi connectivity index (χ0v) is 13.8. The summed E-state index contributed by atoms with van der Waals surface area (Å²) in [6.07, 6.45) is 1.92. The van der Waals surface area contributed by atoms with Gasteiger partial charge in [-0.1, -0.05) is 18.9 Å². The molecule has 0 fully saturated rings. The molecule has 0 amide bonds. The van der Waals surface area contributed by atoms with Gasteiger partial charge in [-0.15, -0.1) is 0 Å². The Morgan fingerprint density at radius 1 is 1.23 bits per heavy atom. The van der Waals surface area contributed by atoms with E-state index in [1.807, 2.05) is 25.3 Å². The zero-order valence-electron chi connectivity index (χ0n) is 12.9. The van der Waals surface area contributed by atoms with Crippen molar-refractivity contribution in [1.29, 1.82) is 0 Å². The van der Waals surface area contributed by atoms with Crippen molar-refractivity contribution < 1.29 is 4.74 Å². The Morgan fingerprint density at radius 2 is 2.09 bits per heavy atom. The maximum atomic E-state index is 5.56. The number of pyridine rings is 1. The first-order valence-electron chi connectivity index (χ1n) is 7.24. The average molecular weight is 313 g/mol. The zero-order chi connectivity index (χ0) is 15.5. The normalized spacial score (nSPS) is 10.9. The van der Waals surface area contributed by atoms with Crippen LogP contribution in [0.3, 0.4) is 0 Å². The van der Waals surface area contributed by atoms with Crippen LogP contribution in [-0.4, -0.2) is 22.8 Å². The van der Waals surface area contributed by atoms with Gasteiger partial charge >= 0.3 is 0 Å². The fourth-order valence-corrected chi connectivity index (χ4v) is 2.96. The van der Waals surface area contributed by atoms with Crippen molar-refractivity contribution >= 4 is 28.7 Å². The fraction of sp³-hybridized carbons (Fsp3) is 0.235. The Balaban J connectivity index is 2.17. The summed E-state index contributed by atoms with van der Waals surface area (Å²) in [4.78, 5) is 7.72. The summed E-state index contributed by atoms with van der Waals surface area (Å²) < 4.78 is 8.91. The minimum Gasteiger partial charge on any atom is -0.496 e. The molecule has 2 N–H and O–H groups in total. The second kappa shape index (κ2) is 6.32. The molecule has 0 saturated heterocycles. The standard InChI is InChI=1S/C17H19N3OS/c1-4-22-20-12-5-6-16(21-3)15(10-12)14-9-11(2)19-17-13(14)7-8-18-17/h5-10,20H,4H2,1-3H3,(H,18,19). The number of nitrogens with one attached hydrogen (secondary N) is 2. The van der Waals surface area contributed by atoms with Crippen molar-refractivity contribution in [1.82, 2.24) is 9.97 Å². The van der Waals surface area contributed by atoms with Crippen molar-refractivity contribution in [2.45, 2.75) is 13.8 Å². The molecule has 0 radical (unpaired) electrons. The lowest BCUT2D eigenvalue weighted by atomic mass is 10.0. The minimum atomic E-state index is 0.861. The summed E-state index contributed by atoms with van der Waals surface area (Å²) in [7, 11) is 1.70. The highest BCUT2D eigenvalue weighted by Gasteiger charge is 2.12. The molecule has 3 aromatic rings. The second-order valence-corrected chi connectivity index (χ2v) is 6.07. The number of anilines is 1. The van der Waals surface area contributed by atoms with Gasteiger partial charge in [-0.3, -0.25) is 0 Å². The lowest BCUT2D eigenvalue weighted by Gasteiger charge is -2.13. The topological polar surface area (TPSA) is 49.9 Å². The molecule has 2 aromatic heterocycles. The molecule has 0 saturated carbocycles. The number of nitrogens with zero attached hydrogens (tertiary/aromatic N) is 1. The van der Waals surface area contributed by atoms with Gasteiger partial charge < -0.3 is 14.4 Å². The van der Waals surface area contributed by atoms with Crippen molar-refractivity contribution in [3.63, 3.8) is 0 Å². The van der Waals surface area contributed by atoms with Crippen LogP contribution in [0.1, 0.15) is 12.6 Å². The molecule has 0 aliphatic carbocycles. The highest BCUT2D eigenvalue weighted by molar-refractivity contribution is 8.00. The quantitative estimate of drug-likeness (QED) is 0.674. The Bertz CT molecular complexity index is 798. The number of rotatable bonds is 5. The molecule has 0 aliphatic rings. The smallest absolute Gasteiger partial charge is 0.138 e. The van der Waals surface area contributed by atoms with Crippen LogP contribution >= 0.6 is 11.9 Å². The summed E-state index contributed by atoms with van der Waals surface area (Å²) >= 11 is 1.68. The Hall–Kier alpha value is -2.14. The van der Waals surface area contributed by atoms with Crippen LogP contribution in [0.5, 0.6) is 5.75 Å². The fourth-order valence-electron chi connectivity index (χ4n) is 2.53. The number of hydrogen-bond donors (Lipinski definition) is 2. The Labute approximate surface area is 134 Å². The summed E-state index contributed by atoms with van der Waals surface area (Å²) in [5.41, 5.74) is 5.15. The number of aromatic amines is 1. The molecular weight excluding hydrogens is 294 g/mol. The number of benzene rings is 1. The predicted molar refractivity (Wildman–Crippen MR) is 94.6 cm³/mol. The van der Waals surface area contributed by atoms with E-state index in [2.05, 4.69) is 39.8 Å².